The van der Waals surface area contributed by atoms with E-state index in [1.165, 1.54) is 11.3 Å². The number of aliphatic carboxylic acids is 1. The molecule has 2 aromatic rings. The van der Waals surface area contributed by atoms with Gasteiger partial charge in [-0.15, -0.1) is 11.3 Å². The zero-order chi connectivity index (χ0) is 16.1. The number of hydrogen-bond donors (Lipinski definition) is 2. The highest BCUT2D eigenvalue weighted by Gasteiger charge is 2.20. The van der Waals surface area contributed by atoms with Gasteiger partial charge in [0.2, 0.25) is 5.91 Å². The van der Waals surface area contributed by atoms with Gasteiger partial charge in [-0.25, -0.2) is 4.98 Å². The fraction of sp³-hybridized carbons (Fsp3) is 0.267. The van der Waals surface area contributed by atoms with Gasteiger partial charge in [0, 0.05) is 22.7 Å². The zero-order valence-electron chi connectivity index (χ0n) is 11.9. The van der Waals surface area contributed by atoms with E-state index in [1.54, 1.807) is 24.3 Å². The Kier molecular flexibility index (Phi) is 5.51. The molecule has 1 amide bonds. The molecule has 0 spiro atoms. The Labute approximate surface area is 137 Å². The summed E-state index contributed by atoms with van der Waals surface area (Å²) in [6.45, 7) is 1.84. The van der Waals surface area contributed by atoms with E-state index >= 15 is 0 Å². The Morgan fingerprint density at radius 2 is 2.00 bits per heavy atom. The first-order valence-electron chi connectivity index (χ1n) is 6.63. The number of amides is 1. The van der Waals surface area contributed by atoms with E-state index in [0.29, 0.717) is 10.2 Å². The van der Waals surface area contributed by atoms with Crippen molar-refractivity contribution >= 4 is 39.9 Å². The number of nitrogens with zero attached hydrogens (tertiary/aromatic N) is 1. The van der Waals surface area contributed by atoms with Crippen LogP contribution in [-0.4, -0.2) is 22.0 Å². The van der Waals surface area contributed by atoms with Crippen LogP contribution in [0.15, 0.2) is 29.6 Å². The largest absolute Gasteiger partial charge is 0.481 e. The molecule has 22 heavy (non-hydrogen) atoms. The van der Waals surface area contributed by atoms with E-state index < -0.39 is 11.9 Å². The third-order valence-corrected chi connectivity index (χ3v) is 4.19. The van der Waals surface area contributed by atoms with Crippen molar-refractivity contribution in [1.29, 1.82) is 0 Å². The van der Waals surface area contributed by atoms with Gasteiger partial charge in [-0.1, -0.05) is 23.7 Å². The molecule has 1 heterocycles. The molecule has 1 unspecified atom stereocenters. The highest BCUT2D eigenvalue weighted by molar-refractivity contribution is 7.13. The van der Waals surface area contributed by atoms with Crippen LogP contribution >= 0.6 is 22.9 Å². The number of carbonyl (C=O) groups excluding carboxylic acids is 1. The van der Waals surface area contributed by atoms with Crippen molar-refractivity contribution in [3.8, 4) is 0 Å². The van der Waals surface area contributed by atoms with Crippen LogP contribution in [0.2, 0.25) is 5.02 Å². The number of nitrogens with one attached hydrogen (secondary N) is 1. The number of carbonyl (C=O) groups is 2. The molecule has 0 bridgehead atoms. The second-order valence-electron chi connectivity index (χ2n) is 4.89. The molecule has 1 aromatic heterocycles. The monoisotopic (exact) mass is 338 g/mol. The summed E-state index contributed by atoms with van der Waals surface area (Å²) in [5.41, 5.74) is 1.61. The topological polar surface area (TPSA) is 79.3 Å². The molecule has 0 aliphatic carbocycles. The van der Waals surface area contributed by atoms with Gasteiger partial charge < -0.3 is 10.4 Å². The number of aromatic nitrogens is 1. The second-order valence-corrected chi connectivity index (χ2v) is 6.19. The van der Waals surface area contributed by atoms with Crippen LogP contribution < -0.4 is 5.32 Å². The van der Waals surface area contributed by atoms with Crippen LogP contribution in [-0.2, 0) is 9.59 Å². The molecular weight excluding hydrogens is 324 g/mol. The maximum absolute atomic E-state index is 12.1. The maximum Gasteiger partial charge on any atom is 0.303 e. The van der Waals surface area contributed by atoms with Gasteiger partial charge >= 0.3 is 5.97 Å². The van der Waals surface area contributed by atoms with Crippen LogP contribution in [0.3, 0.4) is 0 Å². The highest BCUT2D eigenvalue weighted by atomic mass is 35.5. The molecule has 2 rings (SSSR count). The van der Waals surface area contributed by atoms with Gasteiger partial charge in [0.25, 0.3) is 0 Å². The average Bonchev–Trinajstić information content (AvgIpc) is 2.83. The zero-order valence-corrected chi connectivity index (χ0v) is 13.4. The molecule has 2 N–H and O–H groups in total. The van der Waals surface area contributed by atoms with Crippen molar-refractivity contribution in [3.63, 3.8) is 0 Å². The number of carboxylic acids is 1. The van der Waals surface area contributed by atoms with Crippen molar-refractivity contribution in [2.75, 3.05) is 5.32 Å². The van der Waals surface area contributed by atoms with E-state index in [4.69, 9.17) is 16.7 Å². The summed E-state index contributed by atoms with van der Waals surface area (Å²) < 4.78 is 0. The second kappa shape index (κ2) is 7.38. The molecule has 0 fully saturated rings. The van der Waals surface area contributed by atoms with Crippen LogP contribution in [0, 0.1) is 6.92 Å². The number of carboxylic acid groups (broad SMARTS) is 1. The molecule has 1 aromatic carbocycles. The minimum Gasteiger partial charge on any atom is -0.481 e. The third-order valence-electron chi connectivity index (χ3n) is 3.06. The predicted molar refractivity (Wildman–Crippen MR) is 86.5 cm³/mol. The first kappa shape index (κ1) is 16.5. The van der Waals surface area contributed by atoms with E-state index in [9.17, 15) is 9.59 Å². The van der Waals surface area contributed by atoms with E-state index in [2.05, 4.69) is 10.3 Å². The molecule has 0 saturated carbocycles. The van der Waals surface area contributed by atoms with Gasteiger partial charge in [-0.2, -0.15) is 0 Å². The number of anilines is 1. The summed E-state index contributed by atoms with van der Waals surface area (Å²) in [4.78, 5) is 27.3. The van der Waals surface area contributed by atoms with Gasteiger partial charge in [0.1, 0.15) is 0 Å². The average molecular weight is 339 g/mol. The maximum atomic E-state index is 12.1. The van der Waals surface area contributed by atoms with Gasteiger partial charge in [-0.05, 0) is 24.6 Å². The Balaban J connectivity index is 2.07. The molecule has 0 saturated heterocycles. The molecular formula is C15H15ClN2O3S. The fourth-order valence-corrected chi connectivity index (χ4v) is 2.89. The van der Waals surface area contributed by atoms with Crippen molar-refractivity contribution in [3.05, 3.63) is 45.9 Å². The Morgan fingerprint density at radius 1 is 1.32 bits per heavy atom. The summed E-state index contributed by atoms with van der Waals surface area (Å²) in [7, 11) is 0. The number of aryl methyl sites for hydroxylation is 1. The quantitative estimate of drug-likeness (QED) is 0.841. The van der Waals surface area contributed by atoms with Crippen molar-refractivity contribution in [1.82, 2.24) is 4.98 Å². The normalized spacial score (nSPS) is 11.9. The highest BCUT2D eigenvalue weighted by Crippen LogP contribution is 2.26. The van der Waals surface area contributed by atoms with Crippen LogP contribution in [0.1, 0.15) is 30.0 Å². The molecule has 0 aliphatic heterocycles. The molecule has 0 aliphatic rings. The number of hydrogen-bond acceptors (Lipinski definition) is 4. The smallest absolute Gasteiger partial charge is 0.303 e. The van der Waals surface area contributed by atoms with Crippen LogP contribution in [0.25, 0.3) is 0 Å². The number of rotatable bonds is 6. The summed E-state index contributed by atoms with van der Waals surface area (Å²) in [5.74, 6) is -1.61. The summed E-state index contributed by atoms with van der Waals surface area (Å²) in [6.07, 6.45) is -0.0431. The third kappa shape index (κ3) is 4.82. The van der Waals surface area contributed by atoms with E-state index in [1.807, 2.05) is 12.3 Å². The minimum atomic E-state index is -0.946. The molecule has 5 nitrogen and oxygen atoms in total. The number of halogens is 1. The Bertz CT molecular complexity index is 670. The van der Waals surface area contributed by atoms with Gasteiger partial charge in [-0.3, -0.25) is 9.59 Å². The standard InChI is InChI=1S/C15H15ClN2O3S/c1-9-8-22-15(17-9)18-13(19)6-11(7-14(20)21)10-2-4-12(16)5-3-10/h2-5,8,11H,6-7H2,1H3,(H,20,21)(H,17,18,19). The van der Waals surface area contributed by atoms with Gasteiger partial charge in [0.15, 0.2) is 5.13 Å². The van der Waals surface area contributed by atoms with Crippen molar-refractivity contribution < 1.29 is 14.7 Å². The number of thiazole rings is 1. The lowest BCUT2D eigenvalue weighted by Crippen LogP contribution is -2.17. The van der Waals surface area contributed by atoms with Crippen LogP contribution in [0.4, 0.5) is 5.13 Å². The van der Waals surface area contributed by atoms with Crippen LogP contribution in [0.5, 0.6) is 0 Å². The summed E-state index contributed by atoms with van der Waals surface area (Å²) in [6, 6.07) is 6.87. The Hall–Kier alpha value is -1.92. The summed E-state index contributed by atoms with van der Waals surface area (Å²) in [5, 5.41) is 14.7. The van der Waals surface area contributed by atoms with Crippen molar-refractivity contribution in [2.45, 2.75) is 25.7 Å². The lowest BCUT2D eigenvalue weighted by molar-refractivity contribution is -0.137. The first-order valence-corrected chi connectivity index (χ1v) is 7.89. The van der Waals surface area contributed by atoms with E-state index in [0.717, 1.165) is 11.3 Å². The van der Waals surface area contributed by atoms with Crippen molar-refractivity contribution in [2.24, 2.45) is 0 Å². The molecule has 0 radical (unpaired) electrons. The molecule has 7 heteroatoms. The van der Waals surface area contributed by atoms with Gasteiger partial charge in [0.05, 0.1) is 12.1 Å². The molecule has 1 atom stereocenters. The SMILES string of the molecule is Cc1csc(NC(=O)CC(CC(=O)O)c2ccc(Cl)cc2)n1. The lowest BCUT2D eigenvalue weighted by Gasteiger charge is -2.14. The van der Waals surface area contributed by atoms with E-state index in [-0.39, 0.29) is 18.7 Å². The number of benzene rings is 1. The Morgan fingerprint density at radius 3 is 2.55 bits per heavy atom. The summed E-state index contributed by atoms with van der Waals surface area (Å²) >= 11 is 7.17. The molecule has 116 valence electrons. The minimum absolute atomic E-state index is 0.0760. The fourth-order valence-electron chi connectivity index (χ4n) is 2.06. The first-order chi connectivity index (χ1) is 10.4. The lowest BCUT2D eigenvalue weighted by atomic mass is 9.92. The predicted octanol–water partition coefficient (Wildman–Crippen LogP) is 3.69.